The van der Waals surface area contributed by atoms with Gasteiger partial charge in [0.1, 0.15) is 11.4 Å². The number of hydrogen-bond donors (Lipinski definition) is 1. The van der Waals surface area contributed by atoms with Crippen LogP contribution in [0.25, 0.3) is 10.9 Å². The molecule has 3 aromatic rings. The molecule has 2 heterocycles. The fraction of sp³-hybridized carbons (Fsp3) is 0.263. The fourth-order valence-electron chi connectivity index (χ4n) is 2.90. The van der Waals surface area contributed by atoms with Gasteiger partial charge in [0.2, 0.25) is 0 Å². The topological polar surface area (TPSA) is 64.3 Å². The number of aromatic carboxylic acids is 1. The monoisotopic (exact) mass is 324 g/mol. The second kappa shape index (κ2) is 6.35. The molecule has 2 aromatic heterocycles. The van der Waals surface area contributed by atoms with Crippen molar-refractivity contribution in [3.63, 3.8) is 0 Å². The molecule has 0 radical (unpaired) electrons. The molecule has 24 heavy (non-hydrogen) atoms. The van der Waals surface area contributed by atoms with Crippen LogP contribution in [0.5, 0.6) is 5.75 Å². The third-order valence-electron chi connectivity index (χ3n) is 4.08. The molecule has 5 heteroatoms. The summed E-state index contributed by atoms with van der Waals surface area (Å²) >= 11 is 0. The van der Waals surface area contributed by atoms with Gasteiger partial charge in [-0.25, -0.2) is 9.78 Å². The summed E-state index contributed by atoms with van der Waals surface area (Å²) in [5.74, 6) is 0.148. The molecule has 0 bridgehead atoms. The van der Waals surface area contributed by atoms with Gasteiger partial charge in [-0.2, -0.15) is 0 Å². The number of carbonyl (C=O) groups is 1. The molecule has 124 valence electrons. The largest absolute Gasteiger partial charge is 0.497 e. The van der Waals surface area contributed by atoms with E-state index in [1.54, 1.807) is 13.2 Å². The van der Waals surface area contributed by atoms with E-state index in [9.17, 15) is 4.79 Å². The number of rotatable bonds is 5. The van der Waals surface area contributed by atoms with Gasteiger partial charge in [-0.05, 0) is 42.3 Å². The van der Waals surface area contributed by atoms with E-state index in [1.807, 2.05) is 24.3 Å². The molecule has 0 fully saturated rings. The zero-order chi connectivity index (χ0) is 17.3. The number of fused-ring (bicyclic) bond motifs is 1. The first kappa shape index (κ1) is 16.1. The maximum atomic E-state index is 11.1. The number of carboxylic acid groups (broad SMARTS) is 1. The van der Waals surface area contributed by atoms with Crippen LogP contribution >= 0.6 is 0 Å². The van der Waals surface area contributed by atoms with E-state index < -0.39 is 5.97 Å². The van der Waals surface area contributed by atoms with Crippen LogP contribution in [0.4, 0.5) is 0 Å². The average Bonchev–Trinajstić information content (AvgIpc) is 2.93. The van der Waals surface area contributed by atoms with Crippen LogP contribution < -0.4 is 4.74 Å². The van der Waals surface area contributed by atoms with E-state index >= 15 is 0 Å². The highest BCUT2D eigenvalue weighted by atomic mass is 16.5. The van der Waals surface area contributed by atoms with Crippen molar-refractivity contribution in [3.05, 3.63) is 59.5 Å². The number of carboxylic acids is 1. The van der Waals surface area contributed by atoms with Gasteiger partial charge in [-0.1, -0.05) is 19.9 Å². The second-order valence-electron chi connectivity index (χ2n) is 6.05. The smallest absolute Gasteiger partial charge is 0.354 e. The first-order chi connectivity index (χ1) is 11.5. The molecule has 0 aliphatic carbocycles. The zero-order valence-electron chi connectivity index (χ0n) is 14.0. The van der Waals surface area contributed by atoms with E-state index in [0.717, 1.165) is 22.3 Å². The van der Waals surface area contributed by atoms with Gasteiger partial charge in [0.25, 0.3) is 0 Å². The van der Waals surface area contributed by atoms with E-state index in [0.29, 0.717) is 12.5 Å². The Hall–Kier alpha value is -2.82. The van der Waals surface area contributed by atoms with Crippen LogP contribution in [-0.2, 0) is 6.54 Å². The Labute approximate surface area is 140 Å². The Morgan fingerprint density at radius 3 is 2.71 bits per heavy atom. The number of hydrogen-bond acceptors (Lipinski definition) is 3. The molecule has 1 aromatic carbocycles. The molecule has 0 saturated heterocycles. The lowest BCUT2D eigenvalue weighted by Crippen LogP contribution is -2.09. The van der Waals surface area contributed by atoms with Crippen LogP contribution in [0.15, 0.2) is 42.5 Å². The van der Waals surface area contributed by atoms with Crippen molar-refractivity contribution in [1.29, 1.82) is 0 Å². The number of ether oxygens (including phenoxy) is 1. The molecule has 3 rings (SSSR count). The lowest BCUT2D eigenvalue weighted by atomic mass is 10.1. The highest BCUT2D eigenvalue weighted by Gasteiger charge is 2.14. The summed E-state index contributed by atoms with van der Waals surface area (Å²) in [7, 11) is 1.66. The van der Waals surface area contributed by atoms with Crippen molar-refractivity contribution in [1.82, 2.24) is 9.55 Å². The van der Waals surface area contributed by atoms with Crippen LogP contribution in [0.3, 0.4) is 0 Å². The number of nitrogens with zero attached hydrogens (tertiary/aromatic N) is 2. The number of pyridine rings is 1. The van der Waals surface area contributed by atoms with Crippen molar-refractivity contribution in [2.24, 2.45) is 0 Å². The van der Waals surface area contributed by atoms with Gasteiger partial charge in [0.05, 0.1) is 19.3 Å². The zero-order valence-corrected chi connectivity index (χ0v) is 14.0. The predicted octanol–water partition coefficient (Wildman–Crippen LogP) is 3.91. The maximum Gasteiger partial charge on any atom is 0.354 e. The van der Waals surface area contributed by atoms with Crippen LogP contribution in [0.2, 0.25) is 0 Å². The van der Waals surface area contributed by atoms with Crippen molar-refractivity contribution in [3.8, 4) is 5.75 Å². The van der Waals surface area contributed by atoms with E-state index in [4.69, 9.17) is 9.84 Å². The summed E-state index contributed by atoms with van der Waals surface area (Å²) in [6, 6.07) is 13.2. The Kier molecular flexibility index (Phi) is 4.25. The van der Waals surface area contributed by atoms with Gasteiger partial charge in [0.15, 0.2) is 0 Å². The van der Waals surface area contributed by atoms with Crippen LogP contribution in [0, 0.1) is 0 Å². The lowest BCUT2D eigenvalue weighted by molar-refractivity contribution is 0.0690. The van der Waals surface area contributed by atoms with E-state index in [1.165, 1.54) is 11.8 Å². The molecular weight excluding hydrogens is 304 g/mol. The number of methoxy groups -OCH3 is 1. The van der Waals surface area contributed by atoms with E-state index in [-0.39, 0.29) is 5.69 Å². The summed E-state index contributed by atoms with van der Waals surface area (Å²) in [5.41, 5.74) is 3.06. The molecule has 0 atom stereocenters. The average molecular weight is 324 g/mol. The number of benzene rings is 1. The summed E-state index contributed by atoms with van der Waals surface area (Å²) in [4.78, 5) is 15.4. The van der Waals surface area contributed by atoms with Crippen molar-refractivity contribution < 1.29 is 14.6 Å². The summed E-state index contributed by atoms with van der Waals surface area (Å²) < 4.78 is 7.49. The first-order valence-corrected chi connectivity index (χ1v) is 7.86. The molecule has 1 N–H and O–H groups in total. The third kappa shape index (κ3) is 2.97. The van der Waals surface area contributed by atoms with Gasteiger partial charge in [0, 0.05) is 16.6 Å². The van der Waals surface area contributed by atoms with Crippen LogP contribution in [0.1, 0.15) is 41.6 Å². The van der Waals surface area contributed by atoms with Crippen molar-refractivity contribution in [2.75, 3.05) is 7.11 Å². The normalized spacial score (nSPS) is 11.2. The van der Waals surface area contributed by atoms with Gasteiger partial charge < -0.3 is 14.4 Å². The third-order valence-corrected chi connectivity index (χ3v) is 4.08. The Morgan fingerprint density at radius 1 is 1.25 bits per heavy atom. The number of aromatic nitrogens is 2. The van der Waals surface area contributed by atoms with Gasteiger partial charge in [-0.15, -0.1) is 0 Å². The maximum absolute atomic E-state index is 11.1. The fourth-order valence-corrected chi connectivity index (χ4v) is 2.90. The summed E-state index contributed by atoms with van der Waals surface area (Å²) in [6.07, 6.45) is 0. The lowest BCUT2D eigenvalue weighted by Gasteiger charge is -2.13. The molecule has 0 spiro atoms. The van der Waals surface area contributed by atoms with Gasteiger partial charge >= 0.3 is 5.97 Å². The Balaban J connectivity index is 2.09. The summed E-state index contributed by atoms with van der Waals surface area (Å²) in [5, 5.41) is 10.2. The van der Waals surface area contributed by atoms with Crippen LogP contribution in [-0.4, -0.2) is 27.7 Å². The minimum atomic E-state index is -1.01. The highest BCUT2D eigenvalue weighted by Crippen LogP contribution is 2.29. The molecule has 0 saturated carbocycles. The van der Waals surface area contributed by atoms with E-state index in [2.05, 4.69) is 29.5 Å². The summed E-state index contributed by atoms with van der Waals surface area (Å²) in [6.45, 7) is 4.82. The minimum Gasteiger partial charge on any atom is -0.497 e. The second-order valence-corrected chi connectivity index (χ2v) is 6.05. The van der Waals surface area contributed by atoms with Gasteiger partial charge in [-0.3, -0.25) is 0 Å². The first-order valence-electron chi connectivity index (χ1n) is 7.86. The van der Waals surface area contributed by atoms with Crippen molar-refractivity contribution in [2.45, 2.75) is 26.3 Å². The molecule has 0 unspecified atom stereocenters. The standard InChI is InChI=1S/C19H20N2O3/c1-12(2)18-10-13-9-15(24-3)7-8-17(13)21(18)11-14-5-4-6-16(20-14)19(22)23/h4-10,12H,11H2,1-3H3,(H,22,23). The van der Waals surface area contributed by atoms with Crippen molar-refractivity contribution >= 4 is 16.9 Å². The molecule has 5 nitrogen and oxygen atoms in total. The Morgan fingerprint density at radius 2 is 2.04 bits per heavy atom. The minimum absolute atomic E-state index is 0.0664. The molecule has 0 aliphatic rings. The molecular formula is C19H20N2O3. The molecule has 0 amide bonds. The molecule has 0 aliphatic heterocycles. The quantitative estimate of drug-likeness (QED) is 0.772. The predicted molar refractivity (Wildman–Crippen MR) is 92.9 cm³/mol. The highest BCUT2D eigenvalue weighted by molar-refractivity contribution is 5.85. The SMILES string of the molecule is COc1ccc2c(c1)cc(C(C)C)n2Cc1cccc(C(=O)O)n1. The Bertz CT molecular complexity index is 897.